The highest BCUT2D eigenvalue weighted by Gasteiger charge is 2.19. The zero-order chi connectivity index (χ0) is 13.7. The van der Waals surface area contributed by atoms with E-state index in [1.807, 2.05) is 24.3 Å². The topological polar surface area (TPSA) is 43.7 Å². The molecular weight excluding hydrogens is 306 g/mol. The summed E-state index contributed by atoms with van der Waals surface area (Å²) in [6.07, 6.45) is 2.61. The van der Waals surface area contributed by atoms with Crippen molar-refractivity contribution in [3.05, 3.63) is 34.3 Å². The molecule has 3 nitrogen and oxygen atoms in total. The fourth-order valence-corrected chi connectivity index (χ4v) is 3.11. The highest BCUT2D eigenvalue weighted by atomic mass is 79.9. The lowest BCUT2D eigenvalue weighted by Crippen LogP contribution is -2.37. The lowest BCUT2D eigenvalue weighted by molar-refractivity contribution is 0.0962. The largest absolute Gasteiger partial charge is 0.396 e. The van der Waals surface area contributed by atoms with Crippen molar-refractivity contribution in [1.82, 2.24) is 4.90 Å². The van der Waals surface area contributed by atoms with Crippen LogP contribution in [0, 0.1) is 5.92 Å². The predicted molar refractivity (Wildman–Crippen MR) is 80.0 cm³/mol. The Morgan fingerprint density at radius 2 is 2.26 bits per heavy atom. The quantitative estimate of drug-likeness (QED) is 0.873. The van der Waals surface area contributed by atoms with E-state index in [-0.39, 0.29) is 6.61 Å². The van der Waals surface area contributed by atoms with E-state index < -0.39 is 6.10 Å². The van der Waals surface area contributed by atoms with Gasteiger partial charge in [0, 0.05) is 24.2 Å². The number of hydrogen-bond acceptors (Lipinski definition) is 3. The van der Waals surface area contributed by atoms with Crippen molar-refractivity contribution in [3.63, 3.8) is 0 Å². The molecule has 0 spiro atoms. The molecule has 0 bridgehead atoms. The van der Waals surface area contributed by atoms with Crippen LogP contribution in [-0.2, 0) is 0 Å². The maximum Gasteiger partial charge on any atom is 0.0802 e. The Morgan fingerprint density at radius 3 is 3.00 bits per heavy atom. The van der Waals surface area contributed by atoms with Crippen molar-refractivity contribution in [2.75, 3.05) is 26.2 Å². The highest BCUT2D eigenvalue weighted by molar-refractivity contribution is 9.10. The summed E-state index contributed by atoms with van der Waals surface area (Å²) in [6.45, 7) is 3.22. The monoisotopic (exact) mass is 327 g/mol. The van der Waals surface area contributed by atoms with E-state index in [9.17, 15) is 10.2 Å². The maximum atomic E-state index is 10.2. The van der Waals surface area contributed by atoms with Crippen molar-refractivity contribution >= 4 is 15.9 Å². The number of nitrogens with zero attached hydrogens (tertiary/aromatic N) is 1. The van der Waals surface area contributed by atoms with Gasteiger partial charge >= 0.3 is 0 Å². The van der Waals surface area contributed by atoms with Gasteiger partial charge in [-0.15, -0.1) is 0 Å². The van der Waals surface area contributed by atoms with Gasteiger partial charge in [-0.3, -0.25) is 0 Å². The molecule has 1 aromatic rings. The zero-order valence-corrected chi connectivity index (χ0v) is 12.7. The molecule has 1 fully saturated rings. The molecule has 1 saturated heterocycles. The van der Waals surface area contributed by atoms with Gasteiger partial charge in [-0.25, -0.2) is 0 Å². The fourth-order valence-electron chi connectivity index (χ4n) is 2.69. The van der Waals surface area contributed by atoms with E-state index in [4.69, 9.17) is 0 Å². The predicted octanol–water partition coefficient (Wildman–Crippen LogP) is 2.58. The van der Waals surface area contributed by atoms with Gasteiger partial charge in [-0.1, -0.05) is 28.1 Å². The number of hydrogen-bond donors (Lipinski definition) is 2. The number of halogens is 1. The van der Waals surface area contributed by atoms with Gasteiger partial charge in [-0.05, 0) is 49.4 Å². The van der Waals surface area contributed by atoms with Crippen molar-refractivity contribution < 1.29 is 10.2 Å². The van der Waals surface area contributed by atoms with Gasteiger partial charge in [0.05, 0.1) is 6.10 Å². The van der Waals surface area contributed by atoms with Crippen molar-refractivity contribution in [2.24, 2.45) is 5.92 Å². The number of aliphatic hydroxyl groups excluding tert-OH is 2. The number of piperidine rings is 1. The van der Waals surface area contributed by atoms with Crippen LogP contribution >= 0.6 is 15.9 Å². The Balaban J connectivity index is 1.81. The Labute approximate surface area is 123 Å². The second-order valence-corrected chi connectivity index (χ2v) is 6.27. The van der Waals surface area contributed by atoms with Gasteiger partial charge < -0.3 is 15.1 Å². The van der Waals surface area contributed by atoms with E-state index in [0.717, 1.165) is 48.9 Å². The first-order valence-corrected chi connectivity index (χ1v) is 7.75. The van der Waals surface area contributed by atoms with Crippen LogP contribution < -0.4 is 0 Å². The second kappa shape index (κ2) is 7.39. The Morgan fingerprint density at radius 1 is 1.42 bits per heavy atom. The molecule has 0 saturated carbocycles. The van der Waals surface area contributed by atoms with Gasteiger partial charge in [0.1, 0.15) is 0 Å². The Bertz CT molecular complexity index is 399. The third-order valence-corrected chi connectivity index (χ3v) is 4.31. The van der Waals surface area contributed by atoms with Crippen molar-refractivity contribution in [3.8, 4) is 0 Å². The summed E-state index contributed by atoms with van der Waals surface area (Å²) < 4.78 is 1.00. The van der Waals surface area contributed by atoms with E-state index in [2.05, 4.69) is 20.8 Å². The van der Waals surface area contributed by atoms with Gasteiger partial charge in [-0.2, -0.15) is 0 Å². The normalized spacial score (nSPS) is 22.4. The fraction of sp³-hybridized carbons (Fsp3) is 0.600. The molecule has 0 amide bonds. The highest BCUT2D eigenvalue weighted by Crippen LogP contribution is 2.22. The van der Waals surface area contributed by atoms with Crippen LogP contribution in [0.15, 0.2) is 28.7 Å². The molecule has 2 atom stereocenters. The summed E-state index contributed by atoms with van der Waals surface area (Å²) in [4.78, 5) is 2.35. The molecule has 4 heteroatoms. The Kier molecular flexibility index (Phi) is 5.82. The third-order valence-electron chi connectivity index (χ3n) is 3.81. The van der Waals surface area contributed by atoms with Gasteiger partial charge in [0.25, 0.3) is 0 Å². The van der Waals surface area contributed by atoms with Crippen LogP contribution in [0.5, 0.6) is 0 Å². The number of likely N-dealkylation sites (tertiary alicyclic amines) is 1. The molecular formula is C15H22BrNO2. The van der Waals surface area contributed by atoms with Crippen molar-refractivity contribution in [2.45, 2.75) is 25.4 Å². The standard InChI is InChI=1S/C15H22BrNO2/c16-14-5-1-4-13(9-14)15(19)6-8-17-7-2-3-12(10-17)11-18/h1,4-5,9,12,15,18-19H,2-3,6-8,10-11H2. The molecule has 1 aliphatic rings. The van der Waals surface area contributed by atoms with Gasteiger partial charge in [0.15, 0.2) is 0 Å². The number of rotatable bonds is 5. The zero-order valence-electron chi connectivity index (χ0n) is 11.1. The van der Waals surface area contributed by atoms with E-state index in [0.29, 0.717) is 5.92 Å². The SMILES string of the molecule is OCC1CCCN(CCC(O)c2cccc(Br)c2)C1. The van der Waals surface area contributed by atoms with Crippen LogP contribution in [0.2, 0.25) is 0 Å². The average Bonchev–Trinajstić information content (AvgIpc) is 2.45. The van der Waals surface area contributed by atoms with E-state index >= 15 is 0 Å². The first-order valence-electron chi connectivity index (χ1n) is 6.96. The minimum absolute atomic E-state index is 0.282. The van der Waals surface area contributed by atoms with E-state index in [1.165, 1.54) is 0 Å². The summed E-state index contributed by atoms with van der Waals surface area (Å²) in [5.74, 6) is 0.414. The van der Waals surface area contributed by atoms with Crippen LogP contribution in [0.25, 0.3) is 0 Å². The molecule has 1 aromatic carbocycles. The molecule has 2 unspecified atom stereocenters. The molecule has 0 aliphatic carbocycles. The van der Waals surface area contributed by atoms with Crippen LogP contribution in [-0.4, -0.2) is 41.4 Å². The minimum Gasteiger partial charge on any atom is -0.396 e. The van der Waals surface area contributed by atoms with Crippen LogP contribution in [0.3, 0.4) is 0 Å². The van der Waals surface area contributed by atoms with Crippen molar-refractivity contribution in [1.29, 1.82) is 0 Å². The second-order valence-electron chi connectivity index (χ2n) is 5.35. The molecule has 2 rings (SSSR count). The first kappa shape index (κ1) is 15.0. The molecule has 1 heterocycles. The smallest absolute Gasteiger partial charge is 0.0802 e. The number of benzene rings is 1. The molecule has 1 aliphatic heterocycles. The molecule has 19 heavy (non-hydrogen) atoms. The third kappa shape index (κ3) is 4.56. The summed E-state index contributed by atoms with van der Waals surface area (Å²) in [5, 5.41) is 19.4. The van der Waals surface area contributed by atoms with Crippen LogP contribution in [0.4, 0.5) is 0 Å². The maximum absolute atomic E-state index is 10.2. The summed E-state index contributed by atoms with van der Waals surface area (Å²) in [5.41, 5.74) is 0.963. The molecule has 0 radical (unpaired) electrons. The molecule has 2 N–H and O–H groups in total. The first-order chi connectivity index (χ1) is 9.19. The summed E-state index contributed by atoms with van der Waals surface area (Å²) in [7, 11) is 0. The minimum atomic E-state index is -0.410. The van der Waals surface area contributed by atoms with E-state index in [1.54, 1.807) is 0 Å². The van der Waals surface area contributed by atoms with Gasteiger partial charge in [0.2, 0.25) is 0 Å². The Hall–Kier alpha value is -0.420. The lowest BCUT2D eigenvalue weighted by Gasteiger charge is -2.32. The van der Waals surface area contributed by atoms with Crippen LogP contribution in [0.1, 0.15) is 30.9 Å². The average molecular weight is 328 g/mol. The summed E-state index contributed by atoms with van der Waals surface area (Å²) in [6, 6.07) is 7.84. The lowest BCUT2D eigenvalue weighted by atomic mass is 9.98. The molecule has 0 aromatic heterocycles. The molecule has 106 valence electrons. The number of aliphatic hydroxyl groups is 2. The summed E-state index contributed by atoms with van der Waals surface area (Å²) >= 11 is 3.43.